The fraction of sp³-hybridized carbons (Fsp3) is 0.571. The van der Waals surface area contributed by atoms with Crippen LogP contribution in [0.4, 0.5) is 0 Å². The van der Waals surface area contributed by atoms with Crippen LogP contribution in [0.2, 0.25) is 0 Å². The first kappa shape index (κ1) is 11.4. The fourth-order valence-electron chi connectivity index (χ4n) is 2.40. The van der Waals surface area contributed by atoms with Crippen LogP contribution in [0, 0.1) is 5.41 Å². The molecule has 2 aliphatic rings. The molecule has 2 aliphatic heterocycles. The van der Waals surface area contributed by atoms with E-state index in [1.165, 1.54) is 22.6 Å². The summed E-state index contributed by atoms with van der Waals surface area (Å²) >= 11 is 2.02. The minimum atomic E-state index is 0.398. The van der Waals surface area contributed by atoms with Crippen molar-refractivity contribution in [1.82, 2.24) is 5.32 Å². The molecule has 0 aliphatic carbocycles. The second-order valence-electron chi connectivity index (χ2n) is 5.41. The van der Waals surface area contributed by atoms with Crippen molar-refractivity contribution < 1.29 is 4.74 Å². The largest absolute Gasteiger partial charge is 0.493 e. The average molecular weight is 249 g/mol. The van der Waals surface area contributed by atoms with Gasteiger partial charge in [0, 0.05) is 29.0 Å². The summed E-state index contributed by atoms with van der Waals surface area (Å²) in [7, 11) is 0. The number of thioether (sulfide) groups is 1. The maximum Gasteiger partial charge on any atom is 0.124 e. The normalized spacial score (nSPS) is 21.5. The Morgan fingerprint density at radius 1 is 1.41 bits per heavy atom. The standard InChI is InChI=1S/C14H19NOS/c1-14(9-17-10-14)8-16-13-4-2-3-11-5-6-15-7-12(11)13/h2-4,15H,5-10H2,1H3. The first-order valence-electron chi connectivity index (χ1n) is 6.29. The molecule has 3 rings (SSSR count). The number of hydrogen-bond acceptors (Lipinski definition) is 3. The molecule has 92 valence electrons. The van der Waals surface area contributed by atoms with Crippen LogP contribution < -0.4 is 10.1 Å². The summed E-state index contributed by atoms with van der Waals surface area (Å²) in [5, 5.41) is 3.42. The van der Waals surface area contributed by atoms with Gasteiger partial charge in [-0.05, 0) is 24.6 Å². The van der Waals surface area contributed by atoms with Gasteiger partial charge in [-0.3, -0.25) is 0 Å². The second-order valence-corrected chi connectivity index (χ2v) is 6.40. The zero-order valence-corrected chi connectivity index (χ0v) is 11.1. The minimum Gasteiger partial charge on any atom is -0.493 e. The third-order valence-corrected chi connectivity index (χ3v) is 5.38. The highest BCUT2D eigenvalue weighted by Crippen LogP contribution is 2.38. The van der Waals surface area contributed by atoms with Crippen molar-refractivity contribution in [2.75, 3.05) is 24.7 Å². The van der Waals surface area contributed by atoms with Crippen LogP contribution >= 0.6 is 11.8 Å². The lowest BCUT2D eigenvalue weighted by molar-refractivity contribution is 0.194. The van der Waals surface area contributed by atoms with Gasteiger partial charge < -0.3 is 10.1 Å². The number of rotatable bonds is 3. The molecule has 0 spiro atoms. The van der Waals surface area contributed by atoms with E-state index >= 15 is 0 Å². The Labute approximate surface area is 107 Å². The molecule has 17 heavy (non-hydrogen) atoms. The molecule has 1 N–H and O–H groups in total. The topological polar surface area (TPSA) is 21.3 Å². The molecular formula is C14H19NOS. The van der Waals surface area contributed by atoms with Gasteiger partial charge in [-0.1, -0.05) is 19.1 Å². The quantitative estimate of drug-likeness (QED) is 0.889. The van der Waals surface area contributed by atoms with Crippen LogP contribution in [0.25, 0.3) is 0 Å². The van der Waals surface area contributed by atoms with Gasteiger partial charge in [0.05, 0.1) is 6.61 Å². The predicted octanol–water partition coefficient (Wildman–Crippen LogP) is 2.46. The molecule has 0 unspecified atom stereocenters. The second kappa shape index (κ2) is 4.54. The van der Waals surface area contributed by atoms with Crippen molar-refractivity contribution in [3.05, 3.63) is 29.3 Å². The van der Waals surface area contributed by atoms with Crippen LogP contribution in [0.5, 0.6) is 5.75 Å². The molecule has 2 heterocycles. The van der Waals surface area contributed by atoms with Crippen molar-refractivity contribution in [2.45, 2.75) is 19.9 Å². The van der Waals surface area contributed by atoms with E-state index in [1.807, 2.05) is 11.8 Å². The summed E-state index contributed by atoms with van der Waals surface area (Å²) in [6.45, 7) is 5.22. The monoisotopic (exact) mass is 249 g/mol. The zero-order chi connectivity index (χ0) is 11.7. The van der Waals surface area contributed by atoms with E-state index in [2.05, 4.69) is 30.4 Å². The Hall–Kier alpha value is -0.670. The summed E-state index contributed by atoms with van der Waals surface area (Å²) < 4.78 is 6.06. The molecular weight excluding hydrogens is 230 g/mol. The van der Waals surface area contributed by atoms with Crippen molar-refractivity contribution in [3.63, 3.8) is 0 Å². The van der Waals surface area contributed by atoms with E-state index in [-0.39, 0.29) is 0 Å². The maximum absolute atomic E-state index is 6.06. The number of nitrogens with one attached hydrogen (secondary N) is 1. The molecule has 1 aromatic rings. The van der Waals surface area contributed by atoms with Gasteiger partial charge in [-0.25, -0.2) is 0 Å². The predicted molar refractivity (Wildman–Crippen MR) is 72.8 cm³/mol. The van der Waals surface area contributed by atoms with Crippen molar-refractivity contribution in [1.29, 1.82) is 0 Å². The molecule has 1 fully saturated rings. The molecule has 0 radical (unpaired) electrons. The van der Waals surface area contributed by atoms with E-state index in [4.69, 9.17) is 4.74 Å². The Morgan fingerprint density at radius 2 is 2.29 bits per heavy atom. The SMILES string of the molecule is CC1(COc2cccc3c2CNCC3)CSC1. The van der Waals surface area contributed by atoms with E-state index in [0.29, 0.717) is 5.41 Å². The summed E-state index contributed by atoms with van der Waals surface area (Å²) in [6.07, 6.45) is 1.12. The molecule has 1 saturated heterocycles. The van der Waals surface area contributed by atoms with Crippen LogP contribution in [0.1, 0.15) is 18.1 Å². The summed E-state index contributed by atoms with van der Waals surface area (Å²) in [6, 6.07) is 6.46. The third kappa shape index (κ3) is 2.31. The van der Waals surface area contributed by atoms with E-state index in [0.717, 1.165) is 31.9 Å². The van der Waals surface area contributed by atoms with Gasteiger partial charge in [0.15, 0.2) is 0 Å². The minimum absolute atomic E-state index is 0.398. The lowest BCUT2D eigenvalue weighted by Crippen LogP contribution is -2.38. The lowest BCUT2D eigenvalue weighted by Gasteiger charge is -2.37. The highest BCUT2D eigenvalue weighted by atomic mass is 32.2. The molecule has 0 aromatic heterocycles. The summed E-state index contributed by atoms with van der Waals surface area (Å²) in [5.74, 6) is 3.56. The van der Waals surface area contributed by atoms with Gasteiger partial charge in [-0.2, -0.15) is 11.8 Å². The van der Waals surface area contributed by atoms with Gasteiger partial charge >= 0.3 is 0 Å². The lowest BCUT2D eigenvalue weighted by atomic mass is 9.96. The van der Waals surface area contributed by atoms with Crippen LogP contribution in [-0.2, 0) is 13.0 Å². The Morgan fingerprint density at radius 3 is 3.06 bits per heavy atom. The van der Waals surface area contributed by atoms with Crippen molar-refractivity contribution in [3.8, 4) is 5.75 Å². The molecule has 3 heteroatoms. The highest BCUT2D eigenvalue weighted by Gasteiger charge is 2.33. The van der Waals surface area contributed by atoms with Crippen LogP contribution in [-0.4, -0.2) is 24.7 Å². The van der Waals surface area contributed by atoms with Crippen molar-refractivity contribution >= 4 is 11.8 Å². The molecule has 2 nitrogen and oxygen atoms in total. The molecule has 0 bridgehead atoms. The molecule has 1 aromatic carbocycles. The molecule has 0 atom stereocenters. The van der Waals surface area contributed by atoms with Crippen LogP contribution in [0.3, 0.4) is 0 Å². The zero-order valence-electron chi connectivity index (χ0n) is 10.3. The number of fused-ring (bicyclic) bond motifs is 1. The highest BCUT2D eigenvalue weighted by molar-refractivity contribution is 8.00. The van der Waals surface area contributed by atoms with Gasteiger partial charge in [0.1, 0.15) is 5.75 Å². The summed E-state index contributed by atoms with van der Waals surface area (Å²) in [5.41, 5.74) is 3.22. The Balaban J connectivity index is 1.74. The van der Waals surface area contributed by atoms with Gasteiger partial charge in [0.25, 0.3) is 0 Å². The number of hydrogen-bond donors (Lipinski definition) is 1. The van der Waals surface area contributed by atoms with Gasteiger partial charge in [0.2, 0.25) is 0 Å². The average Bonchev–Trinajstić information content (AvgIpc) is 2.34. The van der Waals surface area contributed by atoms with Crippen molar-refractivity contribution in [2.24, 2.45) is 5.41 Å². The van der Waals surface area contributed by atoms with Crippen LogP contribution in [0.15, 0.2) is 18.2 Å². The van der Waals surface area contributed by atoms with Gasteiger partial charge in [-0.15, -0.1) is 0 Å². The first-order chi connectivity index (χ1) is 8.27. The van der Waals surface area contributed by atoms with E-state index in [9.17, 15) is 0 Å². The first-order valence-corrected chi connectivity index (χ1v) is 7.44. The number of benzene rings is 1. The number of ether oxygens (including phenoxy) is 1. The molecule has 0 amide bonds. The fourth-order valence-corrected chi connectivity index (χ4v) is 3.47. The van der Waals surface area contributed by atoms with E-state index < -0.39 is 0 Å². The third-order valence-electron chi connectivity index (χ3n) is 3.58. The Kier molecular flexibility index (Phi) is 3.05. The smallest absolute Gasteiger partial charge is 0.124 e. The maximum atomic E-state index is 6.06. The summed E-state index contributed by atoms with van der Waals surface area (Å²) in [4.78, 5) is 0. The Bertz CT molecular complexity index is 415. The molecule has 0 saturated carbocycles. The van der Waals surface area contributed by atoms with E-state index in [1.54, 1.807) is 0 Å².